The van der Waals surface area contributed by atoms with Crippen LogP contribution in [0.5, 0.6) is 11.5 Å². The summed E-state index contributed by atoms with van der Waals surface area (Å²) in [6.45, 7) is 0.731. The summed E-state index contributed by atoms with van der Waals surface area (Å²) in [5.41, 5.74) is 3.81. The van der Waals surface area contributed by atoms with E-state index in [0.717, 1.165) is 0 Å². The Hall–Kier alpha value is -2.90. The molecule has 11 nitrogen and oxygen atoms in total. The molecule has 2 aromatic carbocycles. The van der Waals surface area contributed by atoms with Crippen LogP contribution in [0.1, 0.15) is 80.8 Å². The molecule has 1 saturated heterocycles. The van der Waals surface area contributed by atoms with Crippen LogP contribution >= 0.6 is 0 Å². The van der Waals surface area contributed by atoms with Crippen LogP contribution in [0, 0.1) is 0 Å². The van der Waals surface area contributed by atoms with Gasteiger partial charge < -0.3 is 45.8 Å². The van der Waals surface area contributed by atoms with Crippen LogP contribution in [0.4, 0.5) is 0 Å². The standard InChI is InChI=1S/C27H31NO10/c1-11-22(31)15(28)7-17(37-11)38-16-9-27(36,5-6-29)8-14-19(16)26(35)21-20(24(14)33)23(32)13-4-2-3-12(10-30)18(13)25(21)34/h2-4,11,15-17,22,29-31,33,35-36H,5-10,28H2,1H3. The summed E-state index contributed by atoms with van der Waals surface area (Å²) >= 11 is 0. The number of carbonyl (C=O) groups excluding carboxylic acids is 2. The van der Waals surface area contributed by atoms with E-state index in [0.29, 0.717) is 0 Å². The molecule has 0 amide bonds. The van der Waals surface area contributed by atoms with Gasteiger partial charge in [0.2, 0.25) is 0 Å². The second kappa shape index (κ2) is 9.69. The molecule has 1 fully saturated rings. The monoisotopic (exact) mass is 529 g/mol. The highest BCUT2D eigenvalue weighted by molar-refractivity contribution is 6.31. The van der Waals surface area contributed by atoms with Crippen molar-refractivity contribution in [3.63, 3.8) is 0 Å². The van der Waals surface area contributed by atoms with Gasteiger partial charge in [-0.1, -0.05) is 18.2 Å². The van der Waals surface area contributed by atoms with E-state index in [4.69, 9.17) is 15.2 Å². The van der Waals surface area contributed by atoms with Crippen LogP contribution in [-0.4, -0.2) is 79.0 Å². The summed E-state index contributed by atoms with van der Waals surface area (Å²) in [6, 6.07) is 3.74. The Morgan fingerprint density at radius 1 is 1.11 bits per heavy atom. The Kier molecular flexibility index (Phi) is 6.81. The van der Waals surface area contributed by atoms with E-state index < -0.39 is 77.0 Å². The lowest BCUT2D eigenvalue weighted by Crippen LogP contribution is -2.52. The normalized spacial score (nSPS) is 30.5. The molecular weight excluding hydrogens is 498 g/mol. The molecule has 0 radical (unpaired) electrons. The molecule has 2 aromatic rings. The minimum Gasteiger partial charge on any atom is -0.507 e. The van der Waals surface area contributed by atoms with Crippen molar-refractivity contribution in [1.82, 2.24) is 0 Å². The smallest absolute Gasteiger partial charge is 0.198 e. The molecule has 2 aliphatic carbocycles. The Bertz CT molecular complexity index is 1300. The van der Waals surface area contributed by atoms with Gasteiger partial charge in [-0.2, -0.15) is 0 Å². The van der Waals surface area contributed by atoms with Crippen LogP contribution in [-0.2, 0) is 22.5 Å². The van der Waals surface area contributed by atoms with Crippen molar-refractivity contribution in [2.24, 2.45) is 5.73 Å². The largest absolute Gasteiger partial charge is 0.507 e. The average Bonchev–Trinajstić information content (AvgIpc) is 2.87. The van der Waals surface area contributed by atoms with E-state index in [1.807, 2.05) is 0 Å². The zero-order chi connectivity index (χ0) is 27.5. The molecule has 11 heteroatoms. The molecule has 0 bridgehead atoms. The van der Waals surface area contributed by atoms with Crippen molar-refractivity contribution in [1.29, 1.82) is 0 Å². The van der Waals surface area contributed by atoms with Crippen molar-refractivity contribution in [3.8, 4) is 11.5 Å². The zero-order valence-electron chi connectivity index (χ0n) is 20.8. The summed E-state index contributed by atoms with van der Waals surface area (Å²) in [7, 11) is 0. The van der Waals surface area contributed by atoms with Crippen molar-refractivity contribution in [2.75, 3.05) is 6.61 Å². The number of carbonyl (C=O) groups is 2. The van der Waals surface area contributed by atoms with Crippen LogP contribution in [0.15, 0.2) is 18.2 Å². The summed E-state index contributed by atoms with van der Waals surface area (Å²) in [4.78, 5) is 27.1. The lowest BCUT2D eigenvalue weighted by molar-refractivity contribution is -0.248. The SMILES string of the molecule is CC1OC(OC2CC(O)(CCO)Cc3c(O)c4c(c(O)c32)C(=O)c2c(CO)cccc2C4=O)CC(N)C1O. The Morgan fingerprint density at radius 2 is 1.82 bits per heavy atom. The van der Waals surface area contributed by atoms with E-state index >= 15 is 0 Å². The lowest BCUT2D eigenvalue weighted by Gasteiger charge is -2.42. The highest BCUT2D eigenvalue weighted by Crippen LogP contribution is 2.52. The number of phenols is 2. The maximum Gasteiger partial charge on any atom is 0.198 e. The molecule has 1 aliphatic heterocycles. The van der Waals surface area contributed by atoms with E-state index in [2.05, 4.69) is 0 Å². The Morgan fingerprint density at radius 3 is 2.47 bits per heavy atom. The number of benzene rings is 2. The molecule has 6 atom stereocenters. The van der Waals surface area contributed by atoms with E-state index in [9.17, 15) is 40.2 Å². The summed E-state index contributed by atoms with van der Waals surface area (Å²) in [5, 5.41) is 63.6. The Labute approximate surface area is 218 Å². The first kappa shape index (κ1) is 26.7. The Balaban J connectivity index is 1.66. The second-order valence-corrected chi connectivity index (χ2v) is 10.4. The van der Waals surface area contributed by atoms with E-state index in [1.54, 1.807) is 6.92 Å². The maximum atomic E-state index is 13.6. The number of fused-ring (bicyclic) bond motifs is 3. The maximum absolute atomic E-state index is 13.6. The number of hydrogen-bond donors (Lipinski definition) is 7. The molecule has 8 N–H and O–H groups in total. The molecule has 3 aliphatic rings. The number of aromatic hydroxyl groups is 2. The van der Waals surface area contributed by atoms with Crippen molar-refractivity contribution in [3.05, 3.63) is 57.1 Å². The molecule has 0 spiro atoms. The predicted molar refractivity (Wildman–Crippen MR) is 131 cm³/mol. The average molecular weight is 530 g/mol. The number of aliphatic hydroxyl groups excluding tert-OH is 3. The topological polar surface area (TPSA) is 200 Å². The van der Waals surface area contributed by atoms with E-state index in [-0.39, 0.29) is 60.1 Å². The molecule has 1 heterocycles. The number of aliphatic hydroxyl groups is 4. The third kappa shape index (κ3) is 4.11. The third-order valence-electron chi connectivity index (χ3n) is 7.87. The number of ether oxygens (including phenoxy) is 2. The molecule has 204 valence electrons. The fraction of sp³-hybridized carbons (Fsp3) is 0.481. The molecule has 0 saturated carbocycles. The zero-order valence-corrected chi connectivity index (χ0v) is 20.8. The van der Waals surface area contributed by atoms with Gasteiger partial charge in [0.25, 0.3) is 0 Å². The van der Waals surface area contributed by atoms with E-state index in [1.165, 1.54) is 18.2 Å². The van der Waals surface area contributed by atoms with Gasteiger partial charge in [0.15, 0.2) is 17.9 Å². The first-order valence-electron chi connectivity index (χ1n) is 12.5. The number of rotatable bonds is 5. The van der Waals surface area contributed by atoms with Gasteiger partial charge in [0.05, 0.1) is 41.6 Å². The van der Waals surface area contributed by atoms with Crippen LogP contribution in [0.2, 0.25) is 0 Å². The molecule has 38 heavy (non-hydrogen) atoms. The highest BCUT2D eigenvalue weighted by Gasteiger charge is 2.47. The summed E-state index contributed by atoms with van der Waals surface area (Å²) in [5.74, 6) is -2.59. The van der Waals surface area contributed by atoms with Gasteiger partial charge in [0, 0.05) is 54.2 Å². The van der Waals surface area contributed by atoms with Crippen molar-refractivity contribution < 1.29 is 49.7 Å². The number of hydrogen-bond acceptors (Lipinski definition) is 11. The van der Waals surface area contributed by atoms with Crippen molar-refractivity contribution in [2.45, 2.75) is 75.5 Å². The fourth-order valence-electron chi connectivity index (χ4n) is 5.93. The summed E-state index contributed by atoms with van der Waals surface area (Å²) < 4.78 is 11.9. The van der Waals surface area contributed by atoms with Crippen molar-refractivity contribution >= 4 is 11.6 Å². The minimum atomic E-state index is -1.57. The summed E-state index contributed by atoms with van der Waals surface area (Å²) in [6.07, 6.45) is -4.00. The van der Waals surface area contributed by atoms with Gasteiger partial charge >= 0.3 is 0 Å². The van der Waals surface area contributed by atoms with Gasteiger partial charge in [0.1, 0.15) is 11.5 Å². The molecular formula is C27H31NO10. The fourth-order valence-corrected chi connectivity index (χ4v) is 5.93. The van der Waals surface area contributed by atoms with Gasteiger partial charge in [-0.05, 0) is 18.9 Å². The first-order chi connectivity index (χ1) is 18.0. The van der Waals surface area contributed by atoms with Gasteiger partial charge in [-0.15, -0.1) is 0 Å². The minimum absolute atomic E-state index is 0.0181. The lowest BCUT2D eigenvalue weighted by atomic mass is 9.72. The molecule has 0 aromatic heterocycles. The predicted octanol–water partition coefficient (Wildman–Crippen LogP) is 0.306. The van der Waals surface area contributed by atoms with Gasteiger partial charge in [-0.25, -0.2) is 0 Å². The number of phenolic OH excluding ortho intramolecular Hbond substituents is 2. The second-order valence-electron chi connectivity index (χ2n) is 10.4. The number of ketones is 2. The number of nitrogens with two attached hydrogens (primary N) is 1. The van der Waals surface area contributed by atoms with Gasteiger partial charge in [-0.3, -0.25) is 9.59 Å². The third-order valence-corrected chi connectivity index (χ3v) is 7.87. The first-order valence-corrected chi connectivity index (χ1v) is 12.5. The highest BCUT2D eigenvalue weighted by atomic mass is 16.7. The molecule has 6 unspecified atom stereocenters. The van der Waals surface area contributed by atoms with Crippen LogP contribution < -0.4 is 5.73 Å². The van der Waals surface area contributed by atoms with Crippen LogP contribution in [0.3, 0.4) is 0 Å². The molecule has 5 rings (SSSR count). The van der Waals surface area contributed by atoms with Crippen LogP contribution in [0.25, 0.3) is 0 Å². The quantitative estimate of drug-likeness (QED) is 0.224.